The molecule has 0 heterocycles. The van der Waals surface area contributed by atoms with Crippen LogP contribution in [0.5, 0.6) is 0 Å². The monoisotopic (exact) mass is 262 g/mol. The molecule has 0 saturated heterocycles. The molecule has 0 fully saturated rings. The van der Waals surface area contributed by atoms with Crippen LogP contribution in [0.4, 0.5) is 4.79 Å². The summed E-state index contributed by atoms with van der Waals surface area (Å²) in [5.41, 5.74) is 0. The number of thioether (sulfide) groups is 1. The van der Waals surface area contributed by atoms with E-state index in [1.807, 2.05) is 20.1 Å². The van der Waals surface area contributed by atoms with E-state index >= 15 is 0 Å². The summed E-state index contributed by atoms with van der Waals surface area (Å²) in [7, 11) is 0. The molecule has 0 aliphatic heterocycles. The van der Waals surface area contributed by atoms with Crippen molar-refractivity contribution in [2.75, 3.05) is 25.1 Å². The molecule has 0 aliphatic carbocycles. The third-order valence-electron chi connectivity index (χ3n) is 2.37. The lowest BCUT2D eigenvalue weighted by Gasteiger charge is -2.23. The summed E-state index contributed by atoms with van der Waals surface area (Å²) in [5, 5.41) is 11.6. The molecule has 0 aromatic rings. The van der Waals surface area contributed by atoms with Crippen LogP contribution in [0.2, 0.25) is 0 Å². The zero-order valence-corrected chi connectivity index (χ0v) is 11.5. The Bertz CT molecular complexity index is 249. The number of aliphatic carboxylic acids is 1. The Labute approximate surface area is 107 Å². The van der Waals surface area contributed by atoms with Crippen LogP contribution in [0.15, 0.2) is 0 Å². The van der Waals surface area contributed by atoms with Gasteiger partial charge >= 0.3 is 12.0 Å². The third kappa shape index (κ3) is 6.41. The normalized spacial score (nSPS) is 11.9. The molecule has 0 saturated carbocycles. The molecule has 5 nitrogen and oxygen atoms in total. The fourth-order valence-corrected chi connectivity index (χ4v) is 1.88. The molecule has 17 heavy (non-hydrogen) atoms. The van der Waals surface area contributed by atoms with Crippen LogP contribution in [0.1, 0.15) is 26.7 Å². The number of urea groups is 1. The van der Waals surface area contributed by atoms with Gasteiger partial charge in [0.15, 0.2) is 0 Å². The van der Waals surface area contributed by atoms with E-state index < -0.39 is 12.0 Å². The van der Waals surface area contributed by atoms with Gasteiger partial charge in [-0.3, -0.25) is 0 Å². The topological polar surface area (TPSA) is 69.6 Å². The molecule has 0 aromatic heterocycles. The van der Waals surface area contributed by atoms with Crippen molar-refractivity contribution in [3.8, 4) is 0 Å². The summed E-state index contributed by atoms with van der Waals surface area (Å²) < 4.78 is 0. The SMILES string of the molecule is CCCN(CC)C(=O)NC(CCSC)C(=O)O. The molecule has 2 amide bonds. The largest absolute Gasteiger partial charge is 0.480 e. The maximum absolute atomic E-state index is 11.8. The van der Waals surface area contributed by atoms with E-state index in [1.165, 1.54) is 0 Å². The Balaban J connectivity index is 4.32. The highest BCUT2D eigenvalue weighted by molar-refractivity contribution is 7.98. The fraction of sp³-hybridized carbons (Fsp3) is 0.818. The molecular formula is C11H22N2O3S. The van der Waals surface area contributed by atoms with Crippen molar-refractivity contribution in [3.05, 3.63) is 0 Å². The Kier molecular flexibility index (Phi) is 8.66. The first-order chi connectivity index (χ1) is 8.06. The highest BCUT2D eigenvalue weighted by atomic mass is 32.2. The molecule has 0 aromatic carbocycles. The molecule has 1 atom stereocenters. The van der Waals surface area contributed by atoms with E-state index in [0.717, 1.165) is 12.2 Å². The first-order valence-electron chi connectivity index (χ1n) is 5.83. The van der Waals surface area contributed by atoms with Gasteiger partial charge in [0.05, 0.1) is 0 Å². The summed E-state index contributed by atoms with van der Waals surface area (Å²) in [6.45, 7) is 5.11. The Morgan fingerprint density at radius 2 is 2.06 bits per heavy atom. The van der Waals surface area contributed by atoms with Crippen LogP contribution in [-0.2, 0) is 4.79 Å². The average molecular weight is 262 g/mol. The van der Waals surface area contributed by atoms with E-state index in [0.29, 0.717) is 19.5 Å². The van der Waals surface area contributed by atoms with Gasteiger partial charge in [-0.25, -0.2) is 9.59 Å². The van der Waals surface area contributed by atoms with Crippen LogP contribution in [0, 0.1) is 0 Å². The highest BCUT2D eigenvalue weighted by Gasteiger charge is 2.21. The highest BCUT2D eigenvalue weighted by Crippen LogP contribution is 2.02. The van der Waals surface area contributed by atoms with Crippen molar-refractivity contribution >= 4 is 23.8 Å². The predicted molar refractivity (Wildman–Crippen MR) is 70.5 cm³/mol. The number of nitrogens with zero attached hydrogens (tertiary/aromatic N) is 1. The lowest BCUT2D eigenvalue weighted by molar-refractivity contribution is -0.139. The van der Waals surface area contributed by atoms with Crippen molar-refractivity contribution in [2.24, 2.45) is 0 Å². The maximum atomic E-state index is 11.8. The minimum atomic E-state index is -0.972. The Morgan fingerprint density at radius 3 is 2.47 bits per heavy atom. The molecular weight excluding hydrogens is 240 g/mol. The second-order valence-electron chi connectivity index (χ2n) is 3.70. The van der Waals surface area contributed by atoms with Gasteiger partial charge in [-0.1, -0.05) is 6.92 Å². The lowest BCUT2D eigenvalue weighted by Crippen LogP contribution is -2.48. The molecule has 0 spiro atoms. The first-order valence-corrected chi connectivity index (χ1v) is 7.23. The van der Waals surface area contributed by atoms with Gasteiger partial charge in [0.2, 0.25) is 0 Å². The zero-order chi connectivity index (χ0) is 13.3. The Morgan fingerprint density at radius 1 is 1.41 bits per heavy atom. The van der Waals surface area contributed by atoms with Gasteiger partial charge < -0.3 is 15.3 Å². The third-order valence-corrected chi connectivity index (χ3v) is 3.01. The number of carboxylic acid groups (broad SMARTS) is 1. The summed E-state index contributed by atoms with van der Waals surface area (Å²) in [5.74, 6) is -0.253. The number of carbonyl (C=O) groups excluding carboxylic acids is 1. The summed E-state index contributed by atoms with van der Waals surface area (Å²) in [6.07, 6.45) is 3.23. The van der Waals surface area contributed by atoms with Crippen LogP contribution < -0.4 is 5.32 Å². The van der Waals surface area contributed by atoms with Gasteiger partial charge in [-0.05, 0) is 31.8 Å². The van der Waals surface area contributed by atoms with Gasteiger partial charge in [0.1, 0.15) is 6.04 Å². The zero-order valence-electron chi connectivity index (χ0n) is 10.7. The minimum absolute atomic E-state index is 0.289. The minimum Gasteiger partial charge on any atom is -0.480 e. The number of nitrogens with one attached hydrogen (secondary N) is 1. The number of carbonyl (C=O) groups is 2. The van der Waals surface area contributed by atoms with Crippen molar-refractivity contribution in [1.29, 1.82) is 0 Å². The number of amides is 2. The number of hydrogen-bond acceptors (Lipinski definition) is 3. The van der Waals surface area contributed by atoms with Crippen molar-refractivity contribution in [1.82, 2.24) is 10.2 Å². The molecule has 0 bridgehead atoms. The van der Waals surface area contributed by atoms with Crippen LogP contribution in [-0.4, -0.2) is 53.1 Å². The van der Waals surface area contributed by atoms with Gasteiger partial charge in [-0.2, -0.15) is 11.8 Å². The van der Waals surface area contributed by atoms with Crippen molar-refractivity contribution in [3.63, 3.8) is 0 Å². The van der Waals surface area contributed by atoms with E-state index in [2.05, 4.69) is 5.32 Å². The number of hydrogen-bond donors (Lipinski definition) is 2. The molecule has 0 aliphatic rings. The van der Waals surface area contributed by atoms with Gasteiger partial charge in [-0.15, -0.1) is 0 Å². The van der Waals surface area contributed by atoms with Gasteiger partial charge in [0, 0.05) is 13.1 Å². The molecule has 100 valence electrons. The Hall–Kier alpha value is -0.910. The fourth-order valence-electron chi connectivity index (χ4n) is 1.41. The molecule has 0 radical (unpaired) electrons. The number of rotatable bonds is 8. The predicted octanol–water partition coefficient (Wildman–Crippen LogP) is 1.63. The van der Waals surface area contributed by atoms with Crippen LogP contribution >= 0.6 is 11.8 Å². The van der Waals surface area contributed by atoms with Crippen LogP contribution in [0.25, 0.3) is 0 Å². The summed E-state index contributed by atoms with van der Waals surface area (Å²) in [6, 6.07) is -1.08. The van der Waals surface area contributed by atoms with Crippen molar-refractivity contribution in [2.45, 2.75) is 32.7 Å². The quantitative estimate of drug-likeness (QED) is 0.697. The van der Waals surface area contributed by atoms with Crippen LogP contribution in [0.3, 0.4) is 0 Å². The second kappa shape index (κ2) is 9.15. The lowest BCUT2D eigenvalue weighted by atomic mass is 10.2. The molecule has 6 heteroatoms. The molecule has 2 N–H and O–H groups in total. The first kappa shape index (κ1) is 16.1. The standard InChI is InChI=1S/C11H22N2O3S/c1-4-7-13(5-2)11(16)12-9(10(14)15)6-8-17-3/h9H,4-8H2,1-3H3,(H,12,16)(H,14,15). The average Bonchev–Trinajstić information content (AvgIpc) is 2.30. The van der Waals surface area contributed by atoms with E-state index in [1.54, 1.807) is 16.7 Å². The summed E-state index contributed by atoms with van der Waals surface area (Å²) >= 11 is 1.57. The molecule has 0 rings (SSSR count). The van der Waals surface area contributed by atoms with E-state index in [4.69, 9.17) is 5.11 Å². The smallest absolute Gasteiger partial charge is 0.326 e. The van der Waals surface area contributed by atoms with E-state index in [-0.39, 0.29) is 6.03 Å². The maximum Gasteiger partial charge on any atom is 0.326 e. The van der Waals surface area contributed by atoms with Crippen molar-refractivity contribution < 1.29 is 14.7 Å². The molecule has 1 unspecified atom stereocenters. The van der Waals surface area contributed by atoms with Gasteiger partial charge in [0.25, 0.3) is 0 Å². The van der Waals surface area contributed by atoms with E-state index in [9.17, 15) is 9.59 Å². The second-order valence-corrected chi connectivity index (χ2v) is 4.69. The summed E-state index contributed by atoms with van der Waals surface area (Å²) in [4.78, 5) is 24.4. The number of carboxylic acids is 1.